The van der Waals surface area contributed by atoms with Gasteiger partial charge in [-0.1, -0.05) is 30.3 Å². The molecule has 6 nitrogen and oxygen atoms in total. The first-order valence-corrected chi connectivity index (χ1v) is 9.33. The Morgan fingerprint density at radius 1 is 1.14 bits per heavy atom. The number of aliphatic carboxylic acids is 1. The predicted octanol–water partition coefficient (Wildman–Crippen LogP) is 3.17. The van der Waals surface area contributed by atoms with Crippen molar-refractivity contribution in [3.8, 4) is 5.75 Å². The summed E-state index contributed by atoms with van der Waals surface area (Å²) in [5.74, 6) is -1.06. The van der Waals surface area contributed by atoms with Gasteiger partial charge in [0, 0.05) is 23.6 Å². The molecule has 3 rings (SSSR count). The molecule has 0 radical (unpaired) electrons. The fourth-order valence-corrected chi connectivity index (χ4v) is 3.17. The van der Waals surface area contributed by atoms with E-state index in [-0.39, 0.29) is 18.9 Å². The number of carboxylic acid groups (broad SMARTS) is 1. The van der Waals surface area contributed by atoms with Crippen molar-refractivity contribution in [3.05, 3.63) is 65.9 Å². The largest absolute Gasteiger partial charge is 0.494 e. The lowest BCUT2D eigenvalue weighted by Crippen LogP contribution is -2.34. The zero-order chi connectivity index (χ0) is 19.9. The topological polar surface area (TPSA) is 91.4 Å². The summed E-state index contributed by atoms with van der Waals surface area (Å²) in [5.41, 5.74) is 2.76. The Morgan fingerprint density at radius 2 is 1.89 bits per heavy atom. The van der Waals surface area contributed by atoms with Gasteiger partial charge >= 0.3 is 5.97 Å². The average Bonchev–Trinajstić information content (AvgIpc) is 3.09. The molecule has 3 aromatic rings. The van der Waals surface area contributed by atoms with Crippen LogP contribution < -0.4 is 10.1 Å². The molecule has 3 N–H and O–H groups in total. The lowest BCUT2D eigenvalue weighted by atomic mass is 9.99. The van der Waals surface area contributed by atoms with Gasteiger partial charge in [-0.05, 0) is 42.7 Å². The van der Waals surface area contributed by atoms with Crippen LogP contribution >= 0.6 is 0 Å². The number of carboxylic acids is 1. The molecule has 0 saturated heterocycles. The molecule has 1 atom stereocenters. The number of para-hydroxylation sites is 1. The van der Waals surface area contributed by atoms with Gasteiger partial charge in [0.25, 0.3) is 0 Å². The average molecular weight is 380 g/mol. The number of fused-ring (bicyclic) bond motifs is 1. The lowest BCUT2D eigenvalue weighted by molar-refractivity contribution is -0.141. The van der Waals surface area contributed by atoms with Crippen molar-refractivity contribution in [3.63, 3.8) is 0 Å². The Hall–Kier alpha value is -3.28. The highest BCUT2D eigenvalue weighted by atomic mass is 16.5. The Morgan fingerprint density at radius 3 is 2.61 bits per heavy atom. The van der Waals surface area contributed by atoms with E-state index in [0.29, 0.717) is 13.0 Å². The number of nitrogens with one attached hydrogen (secondary N) is 2. The Balaban J connectivity index is 1.56. The minimum atomic E-state index is -0.929. The number of benzene rings is 2. The van der Waals surface area contributed by atoms with Crippen LogP contribution in [0.2, 0.25) is 0 Å². The van der Waals surface area contributed by atoms with E-state index in [4.69, 9.17) is 4.74 Å². The van der Waals surface area contributed by atoms with Crippen molar-refractivity contribution in [1.29, 1.82) is 0 Å². The van der Waals surface area contributed by atoms with Crippen LogP contribution in [0, 0.1) is 5.92 Å². The van der Waals surface area contributed by atoms with Crippen LogP contribution in [-0.2, 0) is 22.4 Å². The molecule has 0 bridgehead atoms. The molecular formula is C22H24N2O4. The number of hydrogen-bond acceptors (Lipinski definition) is 3. The van der Waals surface area contributed by atoms with Crippen molar-refractivity contribution in [2.45, 2.75) is 19.8 Å². The summed E-state index contributed by atoms with van der Waals surface area (Å²) < 4.78 is 5.40. The predicted molar refractivity (Wildman–Crippen MR) is 107 cm³/mol. The smallest absolute Gasteiger partial charge is 0.308 e. The molecule has 1 heterocycles. The standard InChI is InChI=1S/C22H24N2O4/c1-2-28-18-9-7-15(8-10-18)11-17(22(26)27)14-24-21(25)12-16-13-23-20-6-4-3-5-19(16)20/h3-10,13,17,23H,2,11-12,14H2,1H3,(H,24,25)(H,26,27). The van der Waals surface area contributed by atoms with Gasteiger partial charge in [-0.3, -0.25) is 9.59 Å². The number of amides is 1. The van der Waals surface area contributed by atoms with E-state index in [1.165, 1.54) is 0 Å². The molecule has 0 aliphatic heterocycles. The normalized spacial score (nSPS) is 11.9. The minimum absolute atomic E-state index is 0.0870. The summed E-state index contributed by atoms with van der Waals surface area (Å²) in [6, 6.07) is 15.1. The van der Waals surface area contributed by atoms with Gasteiger partial charge in [0.1, 0.15) is 5.75 Å². The molecule has 0 fully saturated rings. The first-order valence-electron chi connectivity index (χ1n) is 9.33. The van der Waals surface area contributed by atoms with E-state index in [9.17, 15) is 14.7 Å². The fraction of sp³-hybridized carbons (Fsp3) is 0.273. The number of hydrogen-bond donors (Lipinski definition) is 3. The van der Waals surface area contributed by atoms with Crippen molar-refractivity contribution < 1.29 is 19.4 Å². The van der Waals surface area contributed by atoms with Gasteiger partial charge in [0.2, 0.25) is 5.91 Å². The van der Waals surface area contributed by atoms with E-state index in [1.54, 1.807) is 0 Å². The maximum atomic E-state index is 12.3. The second-order valence-electron chi connectivity index (χ2n) is 6.66. The van der Waals surface area contributed by atoms with Gasteiger partial charge in [0.15, 0.2) is 0 Å². The Bertz CT molecular complexity index is 947. The fourth-order valence-electron chi connectivity index (χ4n) is 3.17. The number of rotatable bonds is 9. The molecule has 0 spiro atoms. The number of carbonyl (C=O) groups is 2. The van der Waals surface area contributed by atoms with E-state index in [1.807, 2.05) is 61.7 Å². The van der Waals surface area contributed by atoms with Gasteiger partial charge in [-0.25, -0.2) is 0 Å². The quantitative estimate of drug-likeness (QED) is 0.532. The number of carbonyl (C=O) groups excluding carboxylic acids is 1. The van der Waals surface area contributed by atoms with E-state index in [0.717, 1.165) is 27.8 Å². The summed E-state index contributed by atoms with van der Waals surface area (Å²) in [4.78, 5) is 27.1. The second kappa shape index (κ2) is 9.08. The zero-order valence-corrected chi connectivity index (χ0v) is 15.8. The lowest BCUT2D eigenvalue weighted by Gasteiger charge is -2.14. The molecule has 1 amide bonds. The molecule has 28 heavy (non-hydrogen) atoms. The third kappa shape index (κ3) is 4.91. The first kappa shape index (κ1) is 19.5. The molecule has 1 aromatic heterocycles. The van der Waals surface area contributed by atoms with Crippen LogP contribution in [0.15, 0.2) is 54.7 Å². The SMILES string of the molecule is CCOc1ccc(CC(CNC(=O)Cc2c[nH]c3ccccc23)C(=O)O)cc1. The third-order valence-electron chi connectivity index (χ3n) is 4.64. The molecule has 1 unspecified atom stereocenters. The number of aromatic amines is 1. The van der Waals surface area contributed by atoms with Gasteiger partial charge < -0.3 is 20.1 Å². The monoisotopic (exact) mass is 380 g/mol. The van der Waals surface area contributed by atoms with Gasteiger partial charge in [-0.15, -0.1) is 0 Å². The molecular weight excluding hydrogens is 356 g/mol. The van der Waals surface area contributed by atoms with Crippen LogP contribution in [-0.4, -0.2) is 35.1 Å². The highest BCUT2D eigenvalue weighted by Crippen LogP contribution is 2.18. The van der Waals surface area contributed by atoms with Crippen molar-refractivity contribution in [2.75, 3.05) is 13.2 Å². The molecule has 0 aliphatic carbocycles. The maximum absolute atomic E-state index is 12.3. The number of aromatic nitrogens is 1. The van der Waals surface area contributed by atoms with Crippen LogP contribution in [0.5, 0.6) is 5.75 Å². The molecule has 2 aromatic carbocycles. The number of ether oxygens (including phenoxy) is 1. The van der Waals surface area contributed by atoms with E-state index >= 15 is 0 Å². The van der Waals surface area contributed by atoms with Crippen LogP contribution in [0.25, 0.3) is 10.9 Å². The second-order valence-corrected chi connectivity index (χ2v) is 6.66. The summed E-state index contributed by atoms with van der Waals surface area (Å²) in [6.07, 6.45) is 2.37. The third-order valence-corrected chi connectivity index (χ3v) is 4.64. The van der Waals surface area contributed by atoms with Crippen molar-refractivity contribution in [1.82, 2.24) is 10.3 Å². The first-order chi connectivity index (χ1) is 13.6. The molecule has 0 saturated carbocycles. The minimum Gasteiger partial charge on any atom is -0.494 e. The van der Waals surface area contributed by atoms with Crippen molar-refractivity contribution >= 4 is 22.8 Å². The zero-order valence-electron chi connectivity index (χ0n) is 15.8. The summed E-state index contributed by atoms with van der Waals surface area (Å²) in [6.45, 7) is 2.58. The summed E-state index contributed by atoms with van der Waals surface area (Å²) >= 11 is 0. The summed E-state index contributed by atoms with van der Waals surface area (Å²) in [5, 5.41) is 13.3. The van der Waals surface area contributed by atoms with Crippen LogP contribution in [0.1, 0.15) is 18.1 Å². The highest BCUT2D eigenvalue weighted by molar-refractivity contribution is 5.89. The van der Waals surface area contributed by atoms with Crippen LogP contribution in [0.4, 0.5) is 0 Å². The van der Waals surface area contributed by atoms with Crippen LogP contribution in [0.3, 0.4) is 0 Å². The maximum Gasteiger partial charge on any atom is 0.308 e. The van der Waals surface area contributed by atoms with Gasteiger partial charge in [0.05, 0.1) is 18.9 Å². The van der Waals surface area contributed by atoms with E-state index in [2.05, 4.69) is 10.3 Å². The Labute approximate surface area is 163 Å². The van der Waals surface area contributed by atoms with E-state index < -0.39 is 11.9 Å². The van der Waals surface area contributed by atoms with Crippen molar-refractivity contribution in [2.24, 2.45) is 5.92 Å². The van der Waals surface area contributed by atoms with Gasteiger partial charge in [-0.2, -0.15) is 0 Å². The molecule has 146 valence electrons. The molecule has 0 aliphatic rings. The highest BCUT2D eigenvalue weighted by Gasteiger charge is 2.19. The number of H-pyrrole nitrogens is 1. The Kier molecular flexibility index (Phi) is 6.32. The molecule has 6 heteroatoms. The summed E-state index contributed by atoms with van der Waals surface area (Å²) in [7, 11) is 0.